The summed E-state index contributed by atoms with van der Waals surface area (Å²) < 4.78 is 29.5. The first-order valence-corrected chi connectivity index (χ1v) is 17.0. The van der Waals surface area contributed by atoms with E-state index in [1.165, 1.54) is 25.0 Å². The molecule has 0 spiro atoms. The van der Waals surface area contributed by atoms with Crippen LogP contribution in [-0.4, -0.2) is 56.1 Å². The summed E-state index contributed by atoms with van der Waals surface area (Å²) in [7, 11) is -4.13. The summed E-state index contributed by atoms with van der Waals surface area (Å²) in [6.07, 6.45) is 7.69. The third kappa shape index (κ3) is 6.67. The first-order chi connectivity index (χ1) is 20.3. The number of hydrogen-bond acceptors (Lipinski definition) is 6. The number of benzene rings is 3. The predicted octanol–water partition coefficient (Wildman–Crippen LogP) is 6.40. The molecule has 42 heavy (non-hydrogen) atoms. The van der Waals surface area contributed by atoms with E-state index in [0.29, 0.717) is 17.0 Å². The van der Waals surface area contributed by atoms with E-state index in [9.17, 15) is 13.2 Å². The maximum Gasteiger partial charge on any atom is 0.295 e. The quantitative estimate of drug-likeness (QED) is 0.255. The predicted molar refractivity (Wildman–Crippen MR) is 169 cm³/mol. The number of likely N-dealkylation sites (tertiary alicyclic amines) is 2. The molecule has 2 aliphatic rings. The lowest BCUT2D eigenvalue weighted by atomic mass is 10.0. The molecule has 10 heteroatoms. The summed E-state index contributed by atoms with van der Waals surface area (Å²) in [4.78, 5) is 24.5. The maximum absolute atomic E-state index is 13.9. The first kappa shape index (κ1) is 30.5. The number of halogens is 1. The van der Waals surface area contributed by atoms with Gasteiger partial charge in [0.25, 0.3) is 15.9 Å². The summed E-state index contributed by atoms with van der Waals surface area (Å²) in [6, 6.07) is 21.7. The van der Waals surface area contributed by atoms with Gasteiger partial charge in [-0.05, 0) is 92.8 Å². The average molecular weight is 656 g/mol. The molecule has 2 saturated heterocycles. The van der Waals surface area contributed by atoms with Gasteiger partial charge >= 0.3 is 0 Å². The Kier molecular flexibility index (Phi) is 9.88. The average Bonchev–Trinajstić information content (AvgIpc) is 3.04. The molecule has 0 aromatic heterocycles. The van der Waals surface area contributed by atoms with Gasteiger partial charge in [0, 0.05) is 36.2 Å². The number of nitrogens with zero attached hydrogens (tertiary/aromatic N) is 3. The van der Waals surface area contributed by atoms with Gasteiger partial charge < -0.3 is 10.2 Å². The molecule has 0 atom stereocenters. The summed E-state index contributed by atoms with van der Waals surface area (Å²) >= 11 is 3.39. The molecule has 0 saturated carbocycles. The number of hydrogen-bond donors (Lipinski definition) is 1. The van der Waals surface area contributed by atoms with E-state index in [1.807, 2.05) is 6.07 Å². The van der Waals surface area contributed by atoms with Crippen molar-refractivity contribution < 1.29 is 18.0 Å². The minimum atomic E-state index is -4.13. The summed E-state index contributed by atoms with van der Waals surface area (Å²) in [5.41, 5.74) is 0.777. The molecular weight excluding hydrogens is 616 g/mol. The fourth-order valence-corrected chi connectivity index (χ4v) is 7.45. The number of anilines is 1. The van der Waals surface area contributed by atoms with Crippen molar-refractivity contribution in [1.82, 2.24) is 15.1 Å². The van der Waals surface area contributed by atoms with Crippen molar-refractivity contribution in [2.24, 2.45) is 0 Å². The lowest BCUT2D eigenvalue weighted by Gasteiger charge is -2.53. The van der Waals surface area contributed by atoms with Gasteiger partial charge in [-0.2, -0.15) is 8.42 Å². The van der Waals surface area contributed by atoms with E-state index in [2.05, 4.69) is 38.0 Å². The van der Waals surface area contributed by atoms with Crippen molar-refractivity contribution in [3.8, 4) is 5.75 Å². The zero-order valence-electron chi connectivity index (χ0n) is 24.0. The number of carbonyl (C=O) groups excluding carboxylic acids is 1. The molecule has 224 valence electrons. The van der Waals surface area contributed by atoms with Crippen molar-refractivity contribution in [2.75, 3.05) is 30.6 Å². The Bertz CT molecular complexity index is 1410. The molecule has 2 fully saturated rings. The van der Waals surface area contributed by atoms with Crippen molar-refractivity contribution >= 4 is 37.5 Å². The van der Waals surface area contributed by atoms with Crippen LogP contribution >= 0.6 is 15.9 Å². The van der Waals surface area contributed by atoms with Crippen LogP contribution < -0.4 is 14.6 Å². The molecule has 2 heterocycles. The molecule has 1 N–H and O–H groups in total. The van der Waals surface area contributed by atoms with E-state index in [-0.39, 0.29) is 10.8 Å². The van der Waals surface area contributed by atoms with Crippen LogP contribution in [0.5, 0.6) is 5.75 Å². The van der Waals surface area contributed by atoms with Gasteiger partial charge in [0.1, 0.15) is 0 Å². The Morgan fingerprint density at radius 1 is 0.833 bits per heavy atom. The highest BCUT2D eigenvalue weighted by atomic mass is 79.9. The van der Waals surface area contributed by atoms with Crippen LogP contribution in [0.15, 0.2) is 88.2 Å². The Balaban J connectivity index is 1.40. The van der Waals surface area contributed by atoms with Crippen LogP contribution in [0.2, 0.25) is 0 Å². The molecule has 1 amide bonds. The number of sulfonamides is 1. The minimum absolute atomic E-state index is 0.0221. The van der Waals surface area contributed by atoms with Crippen molar-refractivity contribution in [1.29, 1.82) is 0 Å². The van der Waals surface area contributed by atoms with E-state index in [4.69, 9.17) is 4.84 Å². The minimum Gasteiger partial charge on any atom is -0.364 e. The lowest BCUT2D eigenvalue weighted by molar-refractivity contribution is -0.0970. The highest BCUT2D eigenvalue weighted by Crippen LogP contribution is 2.30. The largest absolute Gasteiger partial charge is 0.364 e. The van der Waals surface area contributed by atoms with Gasteiger partial charge in [-0.3, -0.25) is 14.6 Å². The molecule has 3 aromatic rings. The fourth-order valence-electron chi connectivity index (χ4n) is 5.93. The monoisotopic (exact) mass is 654 g/mol. The van der Waals surface area contributed by atoms with E-state index < -0.39 is 15.8 Å². The van der Waals surface area contributed by atoms with Gasteiger partial charge in [0.05, 0.1) is 10.6 Å². The van der Waals surface area contributed by atoms with Gasteiger partial charge in [-0.25, -0.2) is 0 Å². The number of rotatable bonds is 10. The van der Waals surface area contributed by atoms with Crippen LogP contribution in [0.3, 0.4) is 0 Å². The highest BCUT2D eigenvalue weighted by Gasteiger charge is 2.43. The molecule has 3 aromatic carbocycles. The van der Waals surface area contributed by atoms with Gasteiger partial charge in [-0.1, -0.05) is 58.4 Å². The molecule has 2 aliphatic heterocycles. The van der Waals surface area contributed by atoms with Crippen molar-refractivity contribution in [2.45, 2.75) is 62.6 Å². The summed E-state index contributed by atoms with van der Waals surface area (Å²) in [6.45, 7) is 5.96. The standard InChI is InChI=1S/C32H39BrN4O4S/c1-2-32(35-22-8-4-9-23-35,36-24-10-5-11-25-36)34-31(38)26-14-20-30(21-15-26)42(39,40)37(28-12-6-3-7-13-28)41-29-18-16-27(33)17-19-29/h3,6-7,12-21H,2,4-5,8-11,22-25H2,1H3,(H,34,38). The normalized spacial score (nSPS) is 17.0. The number of carbonyl (C=O) groups is 1. The first-order valence-electron chi connectivity index (χ1n) is 14.8. The van der Waals surface area contributed by atoms with Crippen molar-refractivity contribution in [3.05, 3.63) is 88.9 Å². The number of piperidine rings is 2. The molecular formula is C32H39BrN4O4S. The molecule has 8 nitrogen and oxygen atoms in total. The number of amides is 1. The van der Waals surface area contributed by atoms with Gasteiger partial charge in [-0.15, -0.1) is 0 Å². The highest BCUT2D eigenvalue weighted by molar-refractivity contribution is 9.10. The smallest absolute Gasteiger partial charge is 0.295 e. The Morgan fingerprint density at radius 3 is 1.90 bits per heavy atom. The van der Waals surface area contributed by atoms with Gasteiger partial charge in [0.2, 0.25) is 0 Å². The Hall–Kier alpha value is -2.92. The fraction of sp³-hybridized carbons (Fsp3) is 0.406. The Labute approximate surface area is 257 Å². The second kappa shape index (κ2) is 13.6. The van der Waals surface area contributed by atoms with Crippen LogP contribution in [0.25, 0.3) is 0 Å². The van der Waals surface area contributed by atoms with Crippen LogP contribution in [0.1, 0.15) is 62.2 Å². The maximum atomic E-state index is 13.9. The number of nitrogens with one attached hydrogen (secondary N) is 1. The molecule has 0 aliphatic carbocycles. The number of para-hydroxylation sites is 1. The molecule has 0 radical (unpaired) electrons. The molecule has 0 unspecified atom stereocenters. The SMILES string of the molecule is CCC(NC(=O)c1ccc(S(=O)(=O)N(Oc2ccc(Br)cc2)c2ccccc2)cc1)(N1CCCCC1)N1CCCCC1. The van der Waals surface area contributed by atoms with Crippen LogP contribution in [0.4, 0.5) is 5.69 Å². The summed E-state index contributed by atoms with van der Waals surface area (Å²) in [5, 5.41) is 3.40. The molecule has 0 bridgehead atoms. The third-order valence-electron chi connectivity index (χ3n) is 8.17. The zero-order chi connectivity index (χ0) is 29.6. The topological polar surface area (TPSA) is 82.2 Å². The zero-order valence-corrected chi connectivity index (χ0v) is 26.4. The Morgan fingerprint density at radius 2 is 1.38 bits per heavy atom. The summed E-state index contributed by atoms with van der Waals surface area (Å²) in [5.74, 6) is -0.387. The molecule has 5 rings (SSSR count). The van der Waals surface area contributed by atoms with E-state index in [0.717, 1.165) is 67.2 Å². The van der Waals surface area contributed by atoms with Crippen molar-refractivity contribution in [3.63, 3.8) is 0 Å². The second-order valence-corrected chi connectivity index (χ2v) is 13.5. The van der Waals surface area contributed by atoms with E-state index in [1.54, 1.807) is 60.7 Å². The third-order valence-corrected chi connectivity index (χ3v) is 10.3. The second-order valence-electron chi connectivity index (χ2n) is 10.9. The van der Waals surface area contributed by atoms with Crippen LogP contribution in [0, 0.1) is 0 Å². The van der Waals surface area contributed by atoms with E-state index >= 15 is 0 Å². The van der Waals surface area contributed by atoms with Gasteiger partial charge in [0.15, 0.2) is 11.5 Å². The lowest BCUT2D eigenvalue weighted by Crippen LogP contribution is -2.71. The van der Waals surface area contributed by atoms with Crippen LogP contribution in [-0.2, 0) is 10.0 Å².